The van der Waals surface area contributed by atoms with Gasteiger partial charge < -0.3 is 0 Å². The molecule has 0 aromatic heterocycles. The lowest BCUT2D eigenvalue weighted by Crippen LogP contribution is -2.32. The first kappa shape index (κ1) is 16.8. The molecule has 0 radical (unpaired) electrons. The Bertz CT molecular complexity index is 800. The molecule has 3 aromatic rings. The Morgan fingerprint density at radius 1 is 0.808 bits per heavy atom. The van der Waals surface area contributed by atoms with Gasteiger partial charge in [0.2, 0.25) is 0 Å². The summed E-state index contributed by atoms with van der Waals surface area (Å²) in [5.41, 5.74) is 4.16. The topological polar surface area (TPSA) is 3.24 Å². The first-order valence-corrected chi connectivity index (χ1v) is 9.33. The molecule has 1 unspecified atom stereocenters. The molecule has 1 heteroatoms. The SMILES string of the molecule is C=CC1CC(c2ccccc2)(c2ccccc2)CN1Cc1ccccc1. The second-order valence-electron chi connectivity index (χ2n) is 7.21. The minimum Gasteiger partial charge on any atom is -0.291 e. The smallest absolute Gasteiger partial charge is 0.0348 e. The van der Waals surface area contributed by atoms with E-state index in [9.17, 15) is 0 Å². The molecule has 4 rings (SSSR count). The lowest BCUT2D eigenvalue weighted by molar-refractivity contribution is 0.273. The molecule has 0 aliphatic carbocycles. The summed E-state index contributed by atoms with van der Waals surface area (Å²) >= 11 is 0. The Hall–Kier alpha value is -2.64. The molecule has 0 saturated carbocycles. The monoisotopic (exact) mass is 339 g/mol. The Labute approximate surface area is 156 Å². The maximum Gasteiger partial charge on any atom is 0.0348 e. The largest absolute Gasteiger partial charge is 0.291 e. The van der Waals surface area contributed by atoms with Crippen molar-refractivity contribution in [2.45, 2.75) is 24.4 Å². The fraction of sp³-hybridized carbons (Fsp3) is 0.200. The summed E-state index contributed by atoms with van der Waals surface area (Å²) in [4.78, 5) is 2.57. The van der Waals surface area contributed by atoms with Crippen molar-refractivity contribution in [1.29, 1.82) is 0 Å². The van der Waals surface area contributed by atoms with E-state index in [-0.39, 0.29) is 5.41 Å². The molecule has 0 spiro atoms. The summed E-state index contributed by atoms with van der Waals surface area (Å²) in [6.07, 6.45) is 3.19. The molecule has 1 saturated heterocycles. The van der Waals surface area contributed by atoms with Gasteiger partial charge in [0.15, 0.2) is 0 Å². The van der Waals surface area contributed by atoms with E-state index in [4.69, 9.17) is 0 Å². The molecule has 1 heterocycles. The van der Waals surface area contributed by atoms with Gasteiger partial charge in [-0.3, -0.25) is 4.90 Å². The van der Waals surface area contributed by atoms with E-state index in [0.29, 0.717) is 6.04 Å². The molecule has 1 atom stereocenters. The highest BCUT2D eigenvalue weighted by atomic mass is 15.2. The molecule has 130 valence electrons. The number of hydrogen-bond donors (Lipinski definition) is 0. The minimum atomic E-state index is 0.0101. The van der Waals surface area contributed by atoms with Crippen LogP contribution >= 0.6 is 0 Å². The number of hydrogen-bond acceptors (Lipinski definition) is 1. The van der Waals surface area contributed by atoms with Crippen LogP contribution in [-0.2, 0) is 12.0 Å². The minimum absolute atomic E-state index is 0.0101. The van der Waals surface area contributed by atoms with Gasteiger partial charge in [-0.2, -0.15) is 0 Å². The first-order chi connectivity index (χ1) is 12.8. The summed E-state index contributed by atoms with van der Waals surface area (Å²) in [6.45, 7) is 6.11. The van der Waals surface area contributed by atoms with Crippen LogP contribution in [0.1, 0.15) is 23.1 Å². The standard InChI is InChI=1S/C25H25N/c1-2-24-18-25(22-14-8-4-9-15-22,23-16-10-5-11-17-23)20-26(24)19-21-12-6-3-7-13-21/h2-17,24H,1,18-20H2. The second-order valence-corrected chi connectivity index (χ2v) is 7.21. The van der Waals surface area contributed by atoms with Crippen molar-refractivity contribution in [3.05, 3.63) is 120 Å². The Kier molecular flexibility index (Phi) is 4.73. The van der Waals surface area contributed by atoms with Crippen molar-refractivity contribution in [1.82, 2.24) is 4.90 Å². The van der Waals surface area contributed by atoms with Crippen LogP contribution in [0.25, 0.3) is 0 Å². The van der Waals surface area contributed by atoms with Crippen LogP contribution < -0.4 is 0 Å². The van der Waals surface area contributed by atoms with Gasteiger partial charge in [-0.1, -0.05) is 97.1 Å². The van der Waals surface area contributed by atoms with Crippen molar-refractivity contribution < 1.29 is 0 Å². The molecule has 3 aromatic carbocycles. The molecule has 26 heavy (non-hydrogen) atoms. The van der Waals surface area contributed by atoms with Crippen LogP contribution in [0.3, 0.4) is 0 Å². The number of likely N-dealkylation sites (tertiary alicyclic amines) is 1. The zero-order valence-corrected chi connectivity index (χ0v) is 15.1. The Morgan fingerprint density at radius 2 is 1.31 bits per heavy atom. The third-order valence-corrected chi connectivity index (χ3v) is 5.65. The number of rotatable bonds is 5. The molecular formula is C25H25N. The molecule has 1 fully saturated rings. The first-order valence-electron chi connectivity index (χ1n) is 9.33. The number of nitrogens with zero attached hydrogens (tertiary/aromatic N) is 1. The second kappa shape index (κ2) is 7.31. The van der Waals surface area contributed by atoms with Crippen LogP contribution in [0.2, 0.25) is 0 Å². The van der Waals surface area contributed by atoms with Gasteiger partial charge in [0, 0.05) is 24.5 Å². The van der Waals surface area contributed by atoms with E-state index < -0.39 is 0 Å². The quantitative estimate of drug-likeness (QED) is 0.560. The van der Waals surface area contributed by atoms with Crippen molar-refractivity contribution in [3.8, 4) is 0 Å². The summed E-state index contributed by atoms with van der Waals surface area (Å²) in [5, 5.41) is 0. The van der Waals surface area contributed by atoms with Crippen LogP contribution in [-0.4, -0.2) is 17.5 Å². The predicted molar refractivity (Wildman–Crippen MR) is 109 cm³/mol. The summed E-state index contributed by atoms with van der Waals surface area (Å²) in [7, 11) is 0. The molecule has 0 bridgehead atoms. The molecule has 1 aliphatic rings. The van der Waals surface area contributed by atoms with Gasteiger partial charge in [0.05, 0.1) is 0 Å². The van der Waals surface area contributed by atoms with Crippen molar-refractivity contribution in [2.75, 3.05) is 6.54 Å². The lowest BCUT2D eigenvalue weighted by Gasteiger charge is -2.31. The van der Waals surface area contributed by atoms with Gasteiger partial charge >= 0.3 is 0 Å². The zero-order chi connectivity index (χ0) is 17.8. The van der Waals surface area contributed by atoms with Gasteiger partial charge in [-0.05, 0) is 23.1 Å². The normalized spacial score (nSPS) is 19.3. The van der Waals surface area contributed by atoms with E-state index in [1.165, 1.54) is 16.7 Å². The highest BCUT2D eigenvalue weighted by molar-refractivity contribution is 5.42. The summed E-state index contributed by atoms with van der Waals surface area (Å²) < 4.78 is 0. The average Bonchev–Trinajstić information content (AvgIpc) is 3.10. The maximum atomic E-state index is 4.15. The molecule has 0 N–H and O–H groups in total. The number of benzene rings is 3. The van der Waals surface area contributed by atoms with Gasteiger partial charge in [-0.15, -0.1) is 6.58 Å². The highest BCUT2D eigenvalue weighted by Crippen LogP contribution is 2.44. The highest BCUT2D eigenvalue weighted by Gasteiger charge is 2.45. The average molecular weight is 339 g/mol. The Balaban J connectivity index is 1.74. The van der Waals surface area contributed by atoms with Gasteiger partial charge in [0.25, 0.3) is 0 Å². The van der Waals surface area contributed by atoms with E-state index in [0.717, 1.165) is 19.5 Å². The maximum absolute atomic E-state index is 4.15. The molecule has 0 amide bonds. The molecule has 1 aliphatic heterocycles. The Morgan fingerprint density at radius 3 is 1.81 bits per heavy atom. The lowest BCUT2D eigenvalue weighted by atomic mass is 9.73. The zero-order valence-electron chi connectivity index (χ0n) is 15.1. The summed E-state index contributed by atoms with van der Waals surface area (Å²) in [6, 6.07) is 33.1. The van der Waals surface area contributed by atoms with Crippen LogP contribution in [0.5, 0.6) is 0 Å². The van der Waals surface area contributed by atoms with Crippen LogP contribution in [0.4, 0.5) is 0 Å². The van der Waals surface area contributed by atoms with E-state index in [2.05, 4.69) is 109 Å². The van der Waals surface area contributed by atoms with Crippen molar-refractivity contribution >= 4 is 0 Å². The van der Waals surface area contributed by atoms with E-state index >= 15 is 0 Å². The fourth-order valence-electron chi connectivity index (χ4n) is 4.34. The van der Waals surface area contributed by atoms with Gasteiger partial charge in [-0.25, -0.2) is 0 Å². The van der Waals surface area contributed by atoms with Crippen LogP contribution in [0.15, 0.2) is 104 Å². The third kappa shape index (κ3) is 3.11. The van der Waals surface area contributed by atoms with E-state index in [1.54, 1.807) is 0 Å². The predicted octanol–water partition coefficient (Wildman–Crippen LogP) is 5.43. The molecule has 1 nitrogen and oxygen atoms in total. The van der Waals surface area contributed by atoms with Crippen molar-refractivity contribution in [3.63, 3.8) is 0 Å². The summed E-state index contributed by atoms with van der Waals surface area (Å²) in [5.74, 6) is 0. The van der Waals surface area contributed by atoms with Gasteiger partial charge in [0.1, 0.15) is 0 Å². The van der Waals surface area contributed by atoms with E-state index in [1.807, 2.05) is 0 Å². The molecular weight excluding hydrogens is 314 g/mol. The van der Waals surface area contributed by atoms with Crippen LogP contribution in [0, 0.1) is 0 Å². The third-order valence-electron chi connectivity index (χ3n) is 5.65. The fourth-order valence-corrected chi connectivity index (χ4v) is 4.34. The van der Waals surface area contributed by atoms with Crippen molar-refractivity contribution in [2.24, 2.45) is 0 Å².